The van der Waals surface area contributed by atoms with E-state index in [1.807, 2.05) is 61.5 Å². The van der Waals surface area contributed by atoms with Crippen molar-refractivity contribution in [2.24, 2.45) is 0 Å². The van der Waals surface area contributed by atoms with E-state index in [9.17, 15) is 9.00 Å². The van der Waals surface area contributed by atoms with Crippen LogP contribution in [0.1, 0.15) is 11.3 Å². The lowest BCUT2D eigenvalue weighted by molar-refractivity contribution is 0.685. The highest BCUT2D eigenvalue weighted by Gasteiger charge is 2.18. The molecule has 6 aromatic rings. The van der Waals surface area contributed by atoms with Gasteiger partial charge in [-0.05, 0) is 37.3 Å². The number of pyridine rings is 3. The lowest BCUT2D eigenvalue weighted by atomic mass is 10.0. The summed E-state index contributed by atoms with van der Waals surface area (Å²) >= 11 is 6.59. The zero-order valence-corrected chi connectivity index (χ0v) is 22.3. The zero-order valence-electron chi connectivity index (χ0n) is 20.7. The van der Waals surface area contributed by atoms with Gasteiger partial charge in [0, 0.05) is 40.2 Å². The number of hydrogen-bond donors (Lipinski definition) is 2. The second-order valence-electron chi connectivity index (χ2n) is 8.94. The second-order valence-corrected chi connectivity index (χ2v) is 10.5. The SMILES string of the molecule is Cc1ccc(NS(=O)Cc2c[nH]c3nc(-c4ccccc4)c(-c4cc(Cl)c5ncccc5c4)nc3c2=O)cn1. The Morgan fingerprint density at radius 2 is 1.74 bits per heavy atom. The molecule has 2 aromatic carbocycles. The Kier molecular flexibility index (Phi) is 6.60. The van der Waals surface area contributed by atoms with Crippen LogP contribution in [0.4, 0.5) is 5.69 Å². The average Bonchev–Trinajstić information content (AvgIpc) is 2.96. The molecule has 0 amide bonds. The number of hydrogen-bond acceptors (Lipinski definition) is 6. The molecule has 10 heteroatoms. The molecule has 0 spiro atoms. The Bertz CT molecular complexity index is 1930. The number of H-pyrrole nitrogens is 1. The molecule has 0 aliphatic heterocycles. The van der Waals surface area contributed by atoms with E-state index >= 15 is 0 Å². The van der Waals surface area contributed by atoms with Crippen LogP contribution < -0.4 is 10.2 Å². The van der Waals surface area contributed by atoms with Crippen LogP contribution in [0.3, 0.4) is 0 Å². The molecule has 1 atom stereocenters. The molecule has 4 heterocycles. The summed E-state index contributed by atoms with van der Waals surface area (Å²) in [7, 11) is -1.56. The molecule has 8 nitrogen and oxygen atoms in total. The first-order chi connectivity index (χ1) is 19.0. The molecule has 0 bridgehead atoms. The third kappa shape index (κ3) is 5.01. The summed E-state index contributed by atoms with van der Waals surface area (Å²) in [6.45, 7) is 1.87. The molecule has 1 unspecified atom stereocenters. The van der Waals surface area contributed by atoms with Gasteiger partial charge in [-0.3, -0.25) is 14.8 Å². The van der Waals surface area contributed by atoms with E-state index in [0.29, 0.717) is 44.4 Å². The van der Waals surface area contributed by atoms with Crippen LogP contribution in [-0.4, -0.2) is 29.1 Å². The molecular weight excluding hydrogens is 532 g/mol. The van der Waals surface area contributed by atoms with E-state index in [0.717, 1.165) is 16.6 Å². The highest BCUT2D eigenvalue weighted by molar-refractivity contribution is 7.85. The van der Waals surface area contributed by atoms with Crippen LogP contribution in [0, 0.1) is 6.92 Å². The number of halogens is 1. The van der Waals surface area contributed by atoms with Gasteiger partial charge in [0.05, 0.1) is 39.6 Å². The van der Waals surface area contributed by atoms with Gasteiger partial charge in [-0.1, -0.05) is 48.0 Å². The maximum Gasteiger partial charge on any atom is 0.213 e. The molecule has 0 saturated heterocycles. The first-order valence-electron chi connectivity index (χ1n) is 12.1. The van der Waals surface area contributed by atoms with Gasteiger partial charge in [0.15, 0.2) is 11.2 Å². The van der Waals surface area contributed by atoms with Gasteiger partial charge in [-0.15, -0.1) is 0 Å². The van der Waals surface area contributed by atoms with Gasteiger partial charge in [-0.2, -0.15) is 0 Å². The van der Waals surface area contributed by atoms with Crippen molar-refractivity contribution in [3.8, 4) is 22.5 Å². The van der Waals surface area contributed by atoms with E-state index in [2.05, 4.69) is 19.7 Å². The Balaban J connectivity index is 1.47. The monoisotopic (exact) mass is 552 g/mol. The fourth-order valence-corrected chi connectivity index (χ4v) is 5.52. The molecule has 0 fully saturated rings. The number of rotatable bonds is 6. The summed E-state index contributed by atoms with van der Waals surface area (Å²) in [5.74, 6) is -0.0237. The number of fused-ring (bicyclic) bond motifs is 2. The number of nitrogens with zero attached hydrogens (tertiary/aromatic N) is 4. The lowest BCUT2D eigenvalue weighted by Gasteiger charge is -2.12. The summed E-state index contributed by atoms with van der Waals surface area (Å²) in [6, 6.07) is 20.7. The molecule has 2 N–H and O–H groups in total. The van der Waals surface area contributed by atoms with Gasteiger partial charge < -0.3 is 9.71 Å². The molecule has 192 valence electrons. The molecule has 0 aliphatic carbocycles. The largest absolute Gasteiger partial charge is 0.344 e. The molecular formula is C29H21ClN6O2S. The van der Waals surface area contributed by atoms with Crippen molar-refractivity contribution in [1.82, 2.24) is 24.9 Å². The van der Waals surface area contributed by atoms with Crippen molar-refractivity contribution in [1.29, 1.82) is 0 Å². The Labute approximate surface area is 230 Å². The highest BCUT2D eigenvalue weighted by Crippen LogP contribution is 2.34. The molecule has 0 saturated carbocycles. The molecule has 4 aromatic heterocycles. The summed E-state index contributed by atoms with van der Waals surface area (Å²) in [6.07, 6.45) is 4.83. The Morgan fingerprint density at radius 3 is 2.54 bits per heavy atom. The number of nitrogens with one attached hydrogen (secondary N) is 2. The van der Waals surface area contributed by atoms with E-state index in [4.69, 9.17) is 21.6 Å². The van der Waals surface area contributed by atoms with Crippen molar-refractivity contribution in [2.75, 3.05) is 4.72 Å². The smallest absolute Gasteiger partial charge is 0.213 e. The summed E-state index contributed by atoms with van der Waals surface area (Å²) in [5, 5.41) is 1.31. The Morgan fingerprint density at radius 1 is 0.923 bits per heavy atom. The molecule has 0 radical (unpaired) electrons. The number of benzene rings is 2. The van der Waals surface area contributed by atoms with Gasteiger partial charge in [0.2, 0.25) is 5.43 Å². The normalized spacial score (nSPS) is 12.1. The third-order valence-electron chi connectivity index (χ3n) is 6.19. The maximum absolute atomic E-state index is 13.5. The van der Waals surface area contributed by atoms with Crippen LogP contribution in [0.15, 0.2) is 90.1 Å². The van der Waals surface area contributed by atoms with Crippen molar-refractivity contribution in [3.05, 3.63) is 112 Å². The fraction of sp³-hybridized carbons (Fsp3) is 0.0690. The second kappa shape index (κ2) is 10.4. The average molecular weight is 553 g/mol. The minimum Gasteiger partial charge on any atom is -0.344 e. The minimum absolute atomic E-state index is 0.0237. The molecule has 39 heavy (non-hydrogen) atoms. The van der Waals surface area contributed by atoms with Crippen molar-refractivity contribution < 1.29 is 4.21 Å². The summed E-state index contributed by atoms with van der Waals surface area (Å²) in [4.78, 5) is 34.8. The third-order valence-corrected chi connectivity index (χ3v) is 7.52. The van der Waals surface area contributed by atoms with Crippen LogP contribution in [0.5, 0.6) is 0 Å². The van der Waals surface area contributed by atoms with E-state index in [-0.39, 0.29) is 16.7 Å². The summed E-state index contributed by atoms with van der Waals surface area (Å²) in [5.41, 5.74) is 5.25. The van der Waals surface area contributed by atoms with Gasteiger partial charge in [-0.25, -0.2) is 14.2 Å². The van der Waals surface area contributed by atoms with Crippen molar-refractivity contribution >= 4 is 50.3 Å². The van der Waals surface area contributed by atoms with Crippen LogP contribution in [-0.2, 0) is 16.7 Å². The quantitative estimate of drug-likeness (QED) is 0.268. The van der Waals surface area contributed by atoms with Gasteiger partial charge in [0.25, 0.3) is 0 Å². The van der Waals surface area contributed by atoms with Crippen LogP contribution in [0.25, 0.3) is 44.6 Å². The fourth-order valence-electron chi connectivity index (χ4n) is 4.29. The van der Waals surface area contributed by atoms with Crippen LogP contribution in [0.2, 0.25) is 5.02 Å². The molecule has 0 aliphatic rings. The first-order valence-corrected chi connectivity index (χ1v) is 13.8. The highest BCUT2D eigenvalue weighted by atomic mass is 35.5. The van der Waals surface area contributed by atoms with Crippen molar-refractivity contribution in [3.63, 3.8) is 0 Å². The zero-order chi connectivity index (χ0) is 26.9. The van der Waals surface area contributed by atoms with Gasteiger partial charge in [0.1, 0.15) is 11.0 Å². The number of aryl methyl sites for hydroxylation is 1. The minimum atomic E-state index is -1.56. The predicted octanol–water partition coefficient (Wildman–Crippen LogP) is 5.83. The number of aromatic amines is 1. The first kappa shape index (κ1) is 24.8. The standard InChI is InChI=1S/C29H21ClN6O2S/c1-17-9-10-22(15-32-17)36-39(38)16-21-14-33-29-27(28(21)37)34-26(25(35-29)18-6-3-2-4-7-18)20-12-19-8-5-11-31-24(19)23(30)13-20/h2-15,36H,16H2,1H3,(H,33,35,37). The summed E-state index contributed by atoms with van der Waals surface area (Å²) < 4.78 is 15.7. The maximum atomic E-state index is 13.5. The van der Waals surface area contributed by atoms with Crippen LogP contribution >= 0.6 is 11.6 Å². The predicted molar refractivity (Wildman–Crippen MR) is 156 cm³/mol. The van der Waals surface area contributed by atoms with E-state index in [1.165, 1.54) is 0 Å². The van der Waals surface area contributed by atoms with Crippen molar-refractivity contribution in [2.45, 2.75) is 12.7 Å². The van der Waals surface area contributed by atoms with E-state index < -0.39 is 11.0 Å². The number of aromatic nitrogens is 5. The Hall–Kier alpha value is -4.47. The topological polar surface area (TPSA) is 114 Å². The van der Waals surface area contributed by atoms with Gasteiger partial charge >= 0.3 is 0 Å². The lowest BCUT2D eigenvalue weighted by Crippen LogP contribution is -2.17. The van der Waals surface area contributed by atoms with E-state index in [1.54, 1.807) is 30.7 Å². The molecule has 6 rings (SSSR count). The number of anilines is 1.